The van der Waals surface area contributed by atoms with Crippen molar-refractivity contribution in [3.05, 3.63) is 83.5 Å². The first kappa shape index (κ1) is 12.1. The van der Waals surface area contributed by atoms with Crippen LogP contribution in [0.2, 0.25) is 5.02 Å². The van der Waals surface area contributed by atoms with Crippen molar-refractivity contribution in [1.29, 1.82) is 0 Å². The Labute approximate surface area is 117 Å². The van der Waals surface area contributed by atoms with Crippen LogP contribution in [0.3, 0.4) is 0 Å². The fraction of sp³-hybridized carbons (Fsp3) is 0.0588. The first-order valence-corrected chi connectivity index (χ1v) is 6.61. The Morgan fingerprint density at radius 2 is 1.79 bits per heavy atom. The lowest BCUT2D eigenvalue weighted by atomic mass is 9.91. The maximum Gasteiger partial charge on any atom is 0.0457 e. The van der Waals surface area contributed by atoms with Crippen molar-refractivity contribution in [3.63, 3.8) is 0 Å². The summed E-state index contributed by atoms with van der Waals surface area (Å²) in [5, 5.41) is 1.99. The fourth-order valence-corrected chi connectivity index (χ4v) is 2.59. The van der Waals surface area contributed by atoms with Gasteiger partial charge in [0.05, 0.1) is 0 Å². The van der Waals surface area contributed by atoms with Crippen molar-refractivity contribution in [3.8, 4) is 0 Å². The molecule has 0 aliphatic rings. The molecule has 0 saturated heterocycles. The van der Waals surface area contributed by atoms with Gasteiger partial charge in [-0.3, -0.25) is 0 Å². The Hall–Kier alpha value is -1.99. The van der Waals surface area contributed by atoms with E-state index < -0.39 is 0 Å². The van der Waals surface area contributed by atoms with E-state index in [9.17, 15) is 0 Å². The van der Waals surface area contributed by atoms with Crippen LogP contribution >= 0.6 is 11.6 Å². The van der Waals surface area contributed by atoms with Gasteiger partial charge >= 0.3 is 0 Å². The number of hydrogen-bond acceptors (Lipinski definition) is 0. The molecule has 0 aliphatic carbocycles. The zero-order chi connectivity index (χ0) is 13.2. The van der Waals surface area contributed by atoms with Gasteiger partial charge in [0, 0.05) is 28.0 Å². The van der Waals surface area contributed by atoms with Gasteiger partial charge in [-0.15, -0.1) is 6.58 Å². The SMILES string of the molecule is C=CC(c1ccc(Cl)cc1)c1c[nH]c2ccccc12. The summed E-state index contributed by atoms with van der Waals surface area (Å²) in [5.41, 5.74) is 3.59. The number of aromatic amines is 1. The van der Waals surface area contributed by atoms with E-state index in [1.807, 2.05) is 24.3 Å². The predicted molar refractivity (Wildman–Crippen MR) is 81.8 cm³/mol. The monoisotopic (exact) mass is 267 g/mol. The number of rotatable bonds is 3. The zero-order valence-corrected chi connectivity index (χ0v) is 11.2. The Balaban J connectivity index is 2.12. The second-order valence-corrected chi connectivity index (χ2v) is 4.99. The number of nitrogens with one attached hydrogen (secondary N) is 1. The summed E-state index contributed by atoms with van der Waals surface area (Å²) < 4.78 is 0. The minimum atomic E-state index is 0.174. The number of aromatic nitrogens is 1. The van der Waals surface area contributed by atoms with Gasteiger partial charge in [0.25, 0.3) is 0 Å². The molecule has 1 unspecified atom stereocenters. The van der Waals surface area contributed by atoms with Gasteiger partial charge in [0.15, 0.2) is 0 Å². The molecule has 3 aromatic rings. The second kappa shape index (κ2) is 4.94. The molecule has 0 radical (unpaired) electrons. The number of allylic oxidation sites excluding steroid dienone is 1. The van der Waals surface area contributed by atoms with E-state index in [4.69, 9.17) is 11.6 Å². The summed E-state index contributed by atoms with van der Waals surface area (Å²) in [4.78, 5) is 3.31. The van der Waals surface area contributed by atoms with E-state index in [0.29, 0.717) is 0 Å². The first-order valence-electron chi connectivity index (χ1n) is 6.23. The van der Waals surface area contributed by atoms with Crippen LogP contribution < -0.4 is 0 Å². The van der Waals surface area contributed by atoms with Gasteiger partial charge in [0.1, 0.15) is 0 Å². The van der Waals surface area contributed by atoms with E-state index in [0.717, 1.165) is 10.5 Å². The standard InChI is InChI=1S/C17H14ClN/c1-2-14(12-7-9-13(18)10-8-12)16-11-19-17-6-4-3-5-15(16)17/h2-11,14,19H,1H2. The van der Waals surface area contributed by atoms with Crippen molar-refractivity contribution in [1.82, 2.24) is 4.98 Å². The lowest BCUT2D eigenvalue weighted by Gasteiger charge is -2.12. The van der Waals surface area contributed by atoms with E-state index in [-0.39, 0.29) is 5.92 Å². The van der Waals surface area contributed by atoms with Gasteiger partial charge in [-0.2, -0.15) is 0 Å². The predicted octanol–water partition coefficient (Wildman–Crippen LogP) is 5.14. The Bertz CT molecular complexity index is 709. The Morgan fingerprint density at radius 1 is 1.05 bits per heavy atom. The summed E-state index contributed by atoms with van der Waals surface area (Å²) in [5.74, 6) is 0.174. The third-order valence-corrected chi connectivity index (χ3v) is 3.67. The summed E-state index contributed by atoms with van der Waals surface area (Å²) in [6.07, 6.45) is 4.03. The van der Waals surface area contributed by atoms with E-state index in [2.05, 4.69) is 48.1 Å². The Kier molecular flexibility index (Phi) is 3.14. The first-order chi connectivity index (χ1) is 9.29. The highest BCUT2D eigenvalue weighted by Crippen LogP contribution is 2.32. The van der Waals surface area contributed by atoms with E-state index in [1.54, 1.807) is 0 Å². The number of halogens is 1. The highest BCUT2D eigenvalue weighted by molar-refractivity contribution is 6.30. The van der Waals surface area contributed by atoms with Crippen LogP contribution in [0.25, 0.3) is 10.9 Å². The minimum Gasteiger partial charge on any atom is -0.361 e. The second-order valence-electron chi connectivity index (χ2n) is 4.55. The molecule has 3 rings (SSSR count). The van der Waals surface area contributed by atoms with Crippen LogP contribution in [0.5, 0.6) is 0 Å². The number of fused-ring (bicyclic) bond motifs is 1. The maximum atomic E-state index is 5.95. The molecular formula is C17H14ClN. The van der Waals surface area contributed by atoms with E-state index >= 15 is 0 Å². The smallest absolute Gasteiger partial charge is 0.0457 e. The molecule has 1 nitrogen and oxygen atoms in total. The van der Waals surface area contributed by atoms with Gasteiger partial charge in [-0.25, -0.2) is 0 Å². The molecule has 94 valence electrons. The number of hydrogen-bond donors (Lipinski definition) is 1. The molecule has 0 bridgehead atoms. The summed E-state index contributed by atoms with van der Waals surface area (Å²) >= 11 is 5.95. The molecule has 2 aromatic carbocycles. The number of para-hydroxylation sites is 1. The van der Waals surface area contributed by atoms with Gasteiger partial charge in [-0.1, -0.05) is 48.0 Å². The van der Waals surface area contributed by atoms with Gasteiger partial charge in [-0.05, 0) is 29.3 Å². The van der Waals surface area contributed by atoms with Crippen molar-refractivity contribution >= 4 is 22.5 Å². The minimum absolute atomic E-state index is 0.174. The van der Waals surface area contributed by atoms with E-state index in [1.165, 1.54) is 16.5 Å². The van der Waals surface area contributed by atoms with Gasteiger partial charge < -0.3 is 4.98 Å². The maximum absolute atomic E-state index is 5.95. The van der Waals surface area contributed by atoms with Crippen LogP contribution in [0.15, 0.2) is 67.4 Å². The average Bonchev–Trinajstić information content (AvgIpc) is 2.86. The molecule has 0 saturated carbocycles. The van der Waals surface area contributed by atoms with Crippen molar-refractivity contribution in [2.45, 2.75) is 5.92 Å². The molecule has 1 atom stereocenters. The lowest BCUT2D eigenvalue weighted by Crippen LogP contribution is -1.96. The van der Waals surface area contributed by atoms with Crippen molar-refractivity contribution in [2.75, 3.05) is 0 Å². The topological polar surface area (TPSA) is 15.8 Å². The quantitative estimate of drug-likeness (QED) is 0.633. The third kappa shape index (κ3) is 2.18. The molecule has 0 spiro atoms. The molecule has 2 heteroatoms. The van der Waals surface area contributed by atoms with Crippen molar-refractivity contribution < 1.29 is 0 Å². The molecule has 1 heterocycles. The van der Waals surface area contributed by atoms with Crippen LogP contribution in [-0.4, -0.2) is 4.98 Å². The molecule has 1 aromatic heterocycles. The normalized spacial score (nSPS) is 12.5. The molecular weight excluding hydrogens is 254 g/mol. The number of benzene rings is 2. The lowest BCUT2D eigenvalue weighted by molar-refractivity contribution is 1.04. The highest BCUT2D eigenvalue weighted by Gasteiger charge is 2.14. The largest absolute Gasteiger partial charge is 0.361 e. The molecule has 0 fully saturated rings. The molecule has 0 amide bonds. The average molecular weight is 268 g/mol. The molecule has 1 N–H and O–H groups in total. The highest BCUT2D eigenvalue weighted by atomic mass is 35.5. The van der Waals surface area contributed by atoms with Gasteiger partial charge in [0.2, 0.25) is 0 Å². The summed E-state index contributed by atoms with van der Waals surface area (Å²) in [6.45, 7) is 3.98. The summed E-state index contributed by atoms with van der Waals surface area (Å²) in [7, 11) is 0. The molecule has 0 aliphatic heterocycles. The van der Waals surface area contributed by atoms with Crippen LogP contribution in [0, 0.1) is 0 Å². The molecule has 19 heavy (non-hydrogen) atoms. The van der Waals surface area contributed by atoms with Crippen LogP contribution in [0.4, 0.5) is 0 Å². The summed E-state index contributed by atoms with van der Waals surface area (Å²) in [6, 6.07) is 16.3. The van der Waals surface area contributed by atoms with Crippen LogP contribution in [-0.2, 0) is 0 Å². The third-order valence-electron chi connectivity index (χ3n) is 3.42. The Morgan fingerprint density at radius 3 is 2.53 bits per heavy atom. The number of H-pyrrole nitrogens is 1. The fourth-order valence-electron chi connectivity index (χ4n) is 2.46. The van der Waals surface area contributed by atoms with Crippen molar-refractivity contribution in [2.24, 2.45) is 0 Å². The van der Waals surface area contributed by atoms with Crippen LogP contribution in [0.1, 0.15) is 17.0 Å². The zero-order valence-electron chi connectivity index (χ0n) is 10.4.